The largest absolute Gasteiger partial charge is 0.399 e. The maximum atomic E-state index is 10.3. The maximum absolute atomic E-state index is 10.3. The molecule has 1 aromatic carbocycles. The number of hydrogen-bond acceptors (Lipinski definition) is 2. The van der Waals surface area contributed by atoms with E-state index in [2.05, 4.69) is 0 Å². The molecule has 0 saturated carbocycles. The van der Waals surface area contributed by atoms with Gasteiger partial charge in [0.2, 0.25) is 0 Å². The van der Waals surface area contributed by atoms with E-state index in [1.807, 2.05) is 0 Å². The van der Waals surface area contributed by atoms with Crippen LogP contribution in [0.15, 0.2) is 12.1 Å². The Morgan fingerprint density at radius 3 is 2.73 bits per heavy atom. The van der Waals surface area contributed by atoms with Gasteiger partial charge in [-0.1, -0.05) is 17.1 Å². The second-order valence-electron chi connectivity index (χ2n) is 2.12. The molecule has 54 valence electrons. The van der Waals surface area contributed by atoms with E-state index in [-0.39, 0.29) is 5.69 Å². The molecular weight excluding hydrogens is 160 g/mol. The first-order valence-corrected chi connectivity index (χ1v) is 3.32. The number of rotatable bonds is 1. The van der Waals surface area contributed by atoms with Crippen molar-refractivity contribution in [1.29, 1.82) is 0 Å². The van der Waals surface area contributed by atoms with Crippen LogP contribution in [0, 0.1) is 0 Å². The van der Waals surface area contributed by atoms with Gasteiger partial charge in [-0.05, 0) is 12.1 Å². The molecule has 0 aliphatic rings. The third-order valence-corrected chi connectivity index (χ3v) is 1.55. The van der Waals surface area contributed by atoms with Crippen LogP contribution in [0.25, 0.3) is 0 Å². The summed E-state index contributed by atoms with van der Waals surface area (Å²) in [5, 5.41) is 0.416. The zero-order valence-corrected chi connectivity index (χ0v) is 6.43. The fraction of sp³-hybridized carbons (Fsp3) is 0. The van der Waals surface area contributed by atoms with Gasteiger partial charge in [0, 0.05) is 16.3 Å². The van der Waals surface area contributed by atoms with Crippen LogP contribution in [0.3, 0.4) is 0 Å². The summed E-state index contributed by atoms with van der Waals surface area (Å²) >= 11 is 5.61. The van der Waals surface area contributed by atoms with E-state index in [4.69, 9.17) is 25.2 Å². The summed E-state index contributed by atoms with van der Waals surface area (Å²) in [6.07, 6.45) is 0.623. The van der Waals surface area contributed by atoms with Gasteiger partial charge in [-0.2, -0.15) is 0 Å². The molecule has 0 bridgehead atoms. The third kappa shape index (κ3) is 1.55. The van der Waals surface area contributed by atoms with E-state index >= 15 is 0 Å². The Bertz CT molecular complexity index is 301. The van der Waals surface area contributed by atoms with Gasteiger partial charge in [0.1, 0.15) is 7.85 Å². The Morgan fingerprint density at radius 1 is 1.55 bits per heavy atom. The highest BCUT2D eigenvalue weighted by Crippen LogP contribution is 2.13. The lowest BCUT2D eigenvalue weighted by atomic mass is 9.92. The number of benzene rings is 1. The lowest BCUT2D eigenvalue weighted by molar-refractivity contribution is 0.112. The molecule has 0 spiro atoms. The molecule has 0 aromatic heterocycles. The van der Waals surface area contributed by atoms with Crippen LogP contribution in [0.4, 0.5) is 5.69 Å². The molecular formula is C7H5BClNO. The van der Waals surface area contributed by atoms with E-state index < -0.39 is 0 Å². The van der Waals surface area contributed by atoms with Gasteiger partial charge in [0.15, 0.2) is 6.29 Å². The number of carbonyl (C=O) groups is 1. The van der Waals surface area contributed by atoms with Gasteiger partial charge in [-0.15, -0.1) is 0 Å². The molecule has 0 aliphatic carbocycles. The predicted molar refractivity (Wildman–Crippen MR) is 46.6 cm³/mol. The van der Waals surface area contributed by atoms with E-state index in [0.717, 1.165) is 0 Å². The number of nitrogens with two attached hydrogens (primary N) is 1. The summed E-state index contributed by atoms with van der Waals surface area (Å²) in [6.45, 7) is 0. The van der Waals surface area contributed by atoms with E-state index in [1.165, 1.54) is 12.1 Å². The van der Waals surface area contributed by atoms with Crippen LogP contribution < -0.4 is 11.2 Å². The second kappa shape index (κ2) is 2.97. The van der Waals surface area contributed by atoms with Crippen molar-refractivity contribution in [3.63, 3.8) is 0 Å². The van der Waals surface area contributed by atoms with Crippen LogP contribution in [0.5, 0.6) is 0 Å². The van der Waals surface area contributed by atoms with Crippen molar-refractivity contribution < 1.29 is 4.79 Å². The molecule has 0 amide bonds. The van der Waals surface area contributed by atoms with Crippen molar-refractivity contribution in [2.75, 3.05) is 5.73 Å². The standard InChI is InChI=1S/C7H5BClNO/c8-6-2-5(9)1-4(3-11)7(6)10/h1-3H,10H2. The summed E-state index contributed by atoms with van der Waals surface area (Å²) in [5.41, 5.74) is 6.39. The average molecular weight is 165 g/mol. The molecule has 2 N–H and O–H groups in total. The first-order valence-electron chi connectivity index (χ1n) is 2.95. The Labute approximate surface area is 70.8 Å². The highest BCUT2D eigenvalue weighted by Gasteiger charge is 2.01. The van der Waals surface area contributed by atoms with Crippen LogP contribution >= 0.6 is 11.6 Å². The van der Waals surface area contributed by atoms with Crippen LogP contribution in [0.1, 0.15) is 10.4 Å². The molecule has 0 saturated heterocycles. The lowest BCUT2D eigenvalue weighted by Crippen LogP contribution is -2.12. The van der Waals surface area contributed by atoms with Crippen molar-refractivity contribution in [3.05, 3.63) is 22.7 Å². The molecule has 11 heavy (non-hydrogen) atoms. The van der Waals surface area contributed by atoms with Crippen molar-refractivity contribution in [1.82, 2.24) is 0 Å². The number of hydrogen-bond donors (Lipinski definition) is 1. The minimum Gasteiger partial charge on any atom is -0.399 e. The molecule has 2 nitrogen and oxygen atoms in total. The lowest BCUT2D eigenvalue weighted by Gasteiger charge is -2.03. The van der Waals surface area contributed by atoms with Gasteiger partial charge in [-0.25, -0.2) is 0 Å². The van der Waals surface area contributed by atoms with Gasteiger partial charge in [0.05, 0.1) is 0 Å². The smallest absolute Gasteiger partial charge is 0.152 e. The second-order valence-corrected chi connectivity index (χ2v) is 2.55. The topological polar surface area (TPSA) is 43.1 Å². The van der Waals surface area contributed by atoms with Crippen LogP contribution in [-0.4, -0.2) is 14.1 Å². The molecule has 2 radical (unpaired) electrons. The van der Waals surface area contributed by atoms with Crippen molar-refractivity contribution in [2.45, 2.75) is 0 Å². The minimum atomic E-state index is 0.282. The summed E-state index contributed by atoms with van der Waals surface area (Å²) in [5.74, 6) is 0. The quantitative estimate of drug-likeness (QED) is 0.375. The van der Waals surface area contributed by atoms with Crippen molar-refractivity contribution in [3.8, 4) is 0 Å². The number of carbonyl (C=O) groups excluding carboxylic acids is 1. The molecule has 1 rings (SSSR count). The number of aldehydes is 1. The molecule has 0 heterocycles. The zero-order valence-electron chi connectivity index (χ0n) is 5.67. The molecule has 1 aromatic rings. The Morgan fingerprint density at radius 2 is 2.18 bits per heavy atom. The van der Waals surface area contributed by atoms with E-state index in [1.54, 1.807) is 0 Å². The van der Waals surface area contributed by atoms with Crippen molar-refractivity contribution >= 4 is 36.9 Å². The minimum absolute atomic E-state index is 0.282. The maximum Gasteiger partial charge on any atom is 0.152 e. The first-order chi connectivity index (χ1) is 5.15. The fourth-order valence-electron chi connectivity index (χ4n) is 0.758. The summed E-state index contributed by atoms with van der Waals surface area (Å²) < 4.78 is 0. The molecule has 0 atom stereocenters. The molecule has 0 aliphatic heterocycles. The number of anilines is 1. The van der Waals surface area contributed by atoms with Crippen molar-refractivity contribution in [2.24, 2.45) is 0 Å². The van der Waals surface area contributed by atoms with Gasteiger partial charge >= 0.3 is 0 Å². The summed E-state index contributed by atoms with van der Waals surface area (Å²) in [4.78, 5) is 10.3. The van der Waals surface area contributed by atoms with E-state index in [9.17, 15) is 4.79 Å². The van der Waals surface area contributed by atoms with Gasteiger partial charge in [-0.3, -0.25) is 4.79 Å². The predicted octanol–water partition coefficient (Wildman–Crippen LogP) is 0.529. The average Bonchev–Trinajstić information content (AvgIpc) is 1.96. The normalized spacial score (nSPS) is 9.55. The highest BCUT2D eigenvalue weighted by molar-refractivity contribution is 6.39. The van der Waals surface area contributed by atoms with Crippen LogP contribution in [-0.2, 0) is 0 Å². The zero-order chi connectivity index (χ0) is 8.43. The molecule has 0 unspecified atom stereocenters. The Balaban J connectivity index is 3.35. The Hall–Kier alpha value is -0.955. The molecule has 4 heteroatoms. The van der Waals surface area contributed by atoms with Crippen LogP contribution in [0.2, 0.25) is 5.02 Å². The first kappa shape index (κ1) is 8.14. The molecule has 0 fully saturated rings. The third-order valence-electron chi connectivity index (χ3n) is 1.34. The monoisotopic (exact) mass is 165 g/mol. The van der Waals surface area contributed by atoms with Gasteiger partial charge < -0.3 is 5.73 Å². The van der Waals surface area contributed by atoms with E-state index in [0.29, 0.717) is 22.3 Å². The Kier molecular flexibility index (Phi) is 2.20. The number of halogens is 1. The number of nitrogen functional groups attached to an aromatic ring is 1. The fourth-order valence-corrected chi connectivity index (χ4v) is 0.994. The SMILES string of the molecule is [B]c1cc(Cl)cc(C=O)c1N. The summed E-state index contributed by atoms with van der Waals surface area (Å²) in [6, 6.07) is 2.98. The summed E-state index contributed by atoms with van der Waals surface area (Å²) in [7, 11) is 5.43. The highest BCUT2D eigenvalue weighted by atomic mass is 35.5. The van der Waals surface area contributed by atoms with Gasteiger partial charge in [0.25, 0.3) is 0 Å².